The number of rotatable bonds is 5. The van der Waals surface area contributed by atoms with E-state index in [1.54, 1.807) is 23.7 Å². The van der Waals surface area contributed by atoms with Crippen molar-refractivity contribution < 1.29 is 19.8 Å². The van der Waals surface area contributed by atoms with Gasteiger partial charge in [0.25, 0.3) is 5.91 Å². The zero-order chi connectivity index (χ0) is 15.4. The van der Waals surface area contributed by atoms with Crippen LogP contribution in [0, 0.1) is 0 Å². The normalized spacial score (nSPS) is 11.9. The number of aryl methyl sites for hydroxylation is 1. The van der Waals surface area contributed by atoms with E-state index < -0.39 is 17.9 Å². The van der Waals surface area contributed by atoms with Gasteiger partial charge >= 0.3 is 5.97 Å². The van der Waals surface area contributed by atoms with Crippen LogP contribution >= 0.6 is 0 Å². The molecular weight excluding hydrogens is 274 g/mol. The van der Waals surface area contributed by atoms with Crippen LogP contribution in [0.5, 0.6) is 5.75 Å². The third-order valence-electron chi connectivity index (χ3n) is 2.92. The molecule has 2 aromatic rings. The van der Waals surface area contributed by atoms with E-state index in [0.717, 1.165) is 0 Å². The van der Waals surface area contributed by atoms with E-state index >= 15 is 0 Å². The fourth-order valence-corrected chi connectivity index (χ4v) is 1.83. The van der Waals surface area contributed by atoms with Crippen molar-refractivity contribution in [2.45, 2.75) is 12.5 Å². The van der Waals surface area contributed by atoms with E-state index in [-0.39, 0.29) is 17.9 Å². The second kappa shape index (κ2) is 6.08. The minimum Gasteiger partial charge on any atom is -0.508 e. The van der Waals surface area contributed by atoms with E-state index in [2.05, 4.69) is 10.3 Å². The van der Waals surface area contributed by atoms with Crippen molar-refractivity contribution in [1.82, 2.24) is 14.9 Å². The number of hydrogen-bond donors (Lipinski definition) is 3. The minimum absolute atomic E-state index is 0.100. The molecule has 0 aliphatic carbocycles. The molecule has 1 amide bonds. The highest BCUT2D eigenvalue weighted by Crippen LogP contribution is 2.11. The number of nitrogens with one attached hydrogen (secondary N) is 1. The van der Waals surface area contributed by atoms with Gasteiger partial charge in [0.2, 0.25) is 0 Å². The highest BCUT2D eigenvalue weighted by molar-refractivity contribution is 5.94. The zero-order valence-electron chi connectivity index (χ0n) is 11.4. The average Bonchev–Trinajstić information content (AvgIpc) is 2.87. The highest BCUT2D eigenvalue weighted by atomic mass is 16.4. The maximum Gasteiger partial charge on any atom is 0.326 e. The second-order valence-electron chi connectivity index (χ2n) is 4.66. The van der Waals surface area contributed by atoms with Crippen molar-refractivity contribution in [1.29, 1.82) is 0 Å². The Kier molecular flexibility index (Phi) is 4.22. The Morgan fingerprint density at radius 1 is 1.33 bits per heavy atom. The number of carbonyl (C=O) groups excluding carboxylic acids is 1. The van der Waals surface area contributed by atoms with Crippen molar-refractivity contribution in [3.63, 3.8) is 0 Å². The summed E-state index contributed by atoms with van der Waals surface area (Å²) in [6.45, 7) is 0. The summed E-state index contributed by atoms with van der Waals surface area (Å²) in [7, 11) is 1.72. The summed E-state index contributed by atoms with van der Waals surface area (Å²) in [4.78, 5) is 27.1. The lowest BCUT2D eigenvalue weighted by Crippen LogP contribution is -2.42. The van der Waals surface area contributed by atoms with Gasteiger partial charge in [0.15, 0.2) is 0 Å². The van der Waals surface area contributed by atoms with Crippen molar-refractivity contribution in [3.05, 3.63) is 48.0 Å². The number of phenols is 1. The quantitative estimate of drug-likeness (QED) is 0.745. The second-order valence-corrected chi connectivity index (χ2v) is 4.66. The Hall–Kier alpha value is -2.83. The van der Waals surface area contributed by atoms with Gasteiger partial charge in [0.05, 0.1) is 6.33 Å². The molecule has 1 aromatic heterocycles. The first-order valence-electron chi connectivity index (χ1n) is 6.25. The van der Waals surface area contributed by atoms with Crippen molar-refractivity contribution in [2.24, 2.45) is 7.05 Å². The lowest BCUT2D eigenvalue weighted by molar-refractivity contribution is -0.139. The number of carboxylic acids is 1. The molecule has 21 heavy (non-hydrogen) atoms. The van der Waals surface area contributed by atoms with E-state index in [1.807, 2.05) is 0 Å². The van der Waals surface area contributed by atoms with Crippen molar-refractivity contribution in [3.8, 4) is 5.75 Å². The third kappa shape index (κ3) is 3.82. The van der Waals surface area contributed by atoms with E-state index in [9.17, 15) is 19.8 Å². The van der Waals surface area contributed by atoms with Crippen LogP contribution in [-0.4, -0.2) is 37.7 Å². The molecule has 1 atom stereocenters. The van der Waals surface area contributed by atoms with E-state index in [1.165, 1.54) is 24.7 Å². The first kappa shape index (κ1) is 14.6. The Labute approximate surface area is 120 Å². The molecule has 2 rings (SSSR count). The number of carboxylic acid groups (broad SMARTS) is 1. The first-order chi connectivity index (χ1) is 9.95. The minimum atomic E-state index is -1.13. The number of imidazole rings is 1. The Morgan fingerprint density at radius 2 is 2.00 bits per heavy atom. The summed E-state index contributed by atoms with van der Waals surface area (Å²) in [5, 5.41) is 20.8. The molecule has 0 aliphatic rings. The summed E-state index contributed by atoms with van der Waals surface area (Å²) < 4.78 is 1.60. The van der Waals surface area contributed by atoms with E-state index in [4.69, 9.17) is 0 Å². The van der Waals surface area contributed by atoms with Gasteiger partial charge in [0.1, 0.15) is 17.5 Å². The van der Waals surface area contributed by atoms with Crippen LogP contribution in [0.25, 0.3) is 0 Å². The molecule has 110 valence electrons. The van der Waals surface area contributed by atoms with Crippen molar-refractivity contribution in [2.75, 3.05) is 0 Å². The van der Waals surface area contributed by atoms with Crippen LogP contribution in [0.3, 0.4) is 0 Å². The van der Waals surface area contributed by atoms with Gasteiger partial charge in [-0.2, -0.15) is 0 Å². The Bertz CT molecular complexity index is 648. The highest BCUT2D eigenvalue weighted by Gasteiger charge is 2.22. The van der Waals surface area contributed by atoms with Gasteiger partial charge in [-0.15, -0.1) is 0 Å². The molecule has 0 saturated heterocycles. The molecule has 1 heterocycles. The predicted molar refractivity (Wildman–Crippen MR) is 73.9 cm³/mol. The number of aromatic hydroxyl groups is 1. The number of aromatic nitrogens is 2. The van der Waals surface area contributed by atoms with Gasteiger partial charge in [-0.25, -0.2) is 9.78 Å². The lowest BCUT2D eigenvalue weighted by Gasteiger charge is -2.13. The Balaban J connectivity index is 2.07. The molecule has 0 unspecified atom stereocenters. The van der Waals surface area contributed by atoms with Crippen LogP contribution in [0.15, 0.2) is 36.8 Å². The summed E-state index contributed by atoms with van der Waals surface area (Å²) in [6.07, 6.45) is 3.09. The van der Waals surface area contributed by atoms with Gasteiger partial charge in [-0.05, 0) is 17.7 Å². The van der Waals surface area contributed by atoms with E-state index in [0.29, 0.717) is 5.56 Å². The summed E-state index contributed by atoms with van der Waals surface area (Å²) >= 11 is 0. The van der Waals surface area contributed by atoms with Gasteiger partial charge in [-0.1, -0.05) is 12.1 Å². The molecule has 0 bridgehead atoms. The maximum absolute atomic E-state index is 11.9. The fourth-order valence-electron chi connectivity index (χ4n) is 1.83. The standard InChI is InChI=1S/C14H15N3O4/c1-17-7-12(15-8-17)13(19)16-11(14(20)21)6-9-2-4-10(18)5-3-9/h2-5,7-8,11,18H,6H2,1H3,(H,16,19)(H,20,21)/t11-/m0/s1. The largest absolute Gasteiger partial charge is 0.508 e. The molecule has 3 N–H and O–H groups in total. The van der Waals surface area contributed by atoms with Crippen LogP contribution in [-0.2, 0) is 18.3 Å². The Morgan fingerprint density at radius 3 is 2.52 bits per heavy atom. The maximum atomic E-state index is 11.9. The average molecular weight is 289 g/mol. The molecular formula is C14H15N3O4. The molecule has 1 aromatic carbocycles. The number of phenolic OH excluding ortho intramolecular Hbond substituents is 1. The number of hydrogen-bond acceptors (Lipinski definition) is 4. The molecule has 0 fully saturated rings. The first-order valence-corrected chi connectivity index (χ1v) is 6.25. The smallest absolute Gasteiger partial charge is 0.326 e. The monoisotopic (exact) mass is 289 g/mol. The number of benzene rings is 1. The van der Waals surface area contributed by atoms with Gasteiger partial charge in [-0.3, -0.25) is 4.79 Å². The van der Waals surface area contributed by atoms with Crippen LogP contribution < -0.4 is 5.32 Å². The molecule has 7 nitrogen and oxygen atoms in total. The SMILES string of the molecule is Cn1cnc(C(=O)N[C@@H](Cc2ccc(O)cc2)C(=O)O)c1. The summed E-state index contributed by atoms with van der Waals surface area (Å²) in [6, 6.07) is 5.09. The molecule has 0 radical (unpaired) electrons. The van der Waals surface area contributed by atoms with Crippen LogP contribution in [0.1, 0.15) is 16.1 Å². The number of nitrogens with zero attached hydrogens (tertiary/aromatic N) is 2. The molecule has 0 aliphatic heterocycles. The number of carbonyl (C=O) groups is 2. The lowest BCUT2D eigenvalue weighted by atomic mass is 10.1. The zero-order valence-corrected chi connectivity index (χ0v) is 11.4. The summed E-state index contributed by atoms with van der Waals surface area (Å²) in [5.41, 5.74) is 0.857. The van der Waals surface area contributed by atoms with Gasteiger partial charge < -0.3 is 20.1 Å². The van der Waals surface area contributed by atoms with Gasteiger partial charge in [0, 0.05) is 19.7 Å². The van der Waals surface area contributed by atoms with Crippen LogP contribution in [0.2, 0.25) is 0 Å². The molecule has 0 spiro atoms. The fraction of sp³-hybridized carbons (Fsp3) is 0.214. The third-order valence-corrected chi connectivity index (χ3v) is 2.92. The van der Waals surface area contributed by atoms with Crippen LogP contribution in [0.4, 0.5) is 0 Å². The topological polar surface area (TPSA) is 104 Å². The predicted octanol–water partition coefficient (Wildman–Crippen LogP) is 0.551. The summed E-state index contributed by atoms with van der Waals surface area (Å²) in [5.74, 6) is -1.57. The molecule has 0 saturated carbocycles. The van der Waals surface area contributed by atoms with Crippen molar-refractivity contribution >= 4 is 11.9 Å². The molecule has 7 heteroatoms. The number of amides is 1. The number of aliphatic carboxylic acids is 1.